The number of nitrogens with zero attached hydrogens (tertiary/aromatic N) is 3. The fourth-order valence-corrected chi connectivity index (χ4v) is 3.48. The van der Waals surface area contributed by atoms with E-state index in [1.807, 2.05) is 18.2 Å². The van der Waals surface area contributed by atoms with Crippen LogP contribution in [-0.2, 0) is 11.3 Å². The van der Waals surface area contributed by atoms with Crippen LogP contribution in [0.15, 0.2) is 35.3 Å². The summed E-state index contributed by atoms with van der Waals surface area (Å²) < 4.78 is 1.58. The summed E-state index contributed by atoms with van der Waals surface area (Å²) in [4.78, 5) is 26.5. The minimum atomic E-state index is -0.122. The molecule has 0 spiro atoms. The minimum Gasteiger partial charge on any atom is -0.354 e. The van der Waals surface area contributed by atoms with Gasteiger partial charge in [0, 0.05) is 24.5 Å². The van der Waals surface area contributed by atoms with Gasteiger partial charge in [0.1, 0.15) is 6.54 Å². The average Bonchev–Trinajstić information content (AvgIpc) is 2.63. The van der Waals surface area contributed by atoms with Gasteiger partial charge in [0.15, 0.2) is 0 Å². The van der Waals surface area contributed by atoms with Gasteiger partial charge in [-0.1, -0.05) is 18.6 Å². The van der Waals surface area contributed by atoms with Gasteiger partial charge in [0.25, 0.3) is 0 Å². The minimum absolute atomic E-state index is 0.0759. The molecule has 1 fully saturated rings. The Labute approximate surface area is 147 Å². The zero-order valence-electron chi connectivity index (χ0n) is 14.8. The molecule has 0 aliphatic carbocycles. The third-order valence-electron chi connectivity index (χ3n) is 4.94. The second-order valence-electron chi connectivity index (χ2n) is 6.77. The van der Waals surface area contributed by atoms with Gasteiger partial charge >= 0.3 is 0 Å². The first-order valence-electron chi connectivity index (χ1n) is 9.11. The molecule has 1 saturated heterocycles. The van der Waals surface area contributed by atoms with E-state index >= 15 is 0 Å². The number of rotatable bonds is 6. The van der Waals surface area contributed by atoms with Crippen LogP contribution in [0.3, 0.4) is 0 Å². The summed E-state index contributed by atoms with van der Waals surface area (Å²) in [5, 5.41) is 7.64. The summed E-state index contributed by atoms with van der Waals surface area (Å²) in [5.74, 6) is -0.0759. The van der Waals surface area contributed by atoms with Crippen molar-refractivity contribution in [1.29, 1.82) is 0 Å². The monoisotopic (exact) mass is 342 g/mol. The molecule has 3 rings (SSSR count). The van der Waals surface area contributed by atoms with Gasteiger partial charge in [-0.25, -0.2) is 0 Å². The Morgan fingerprint density at radius 2 is 2.16 bits per heavy atom. The molecule has 1 aromatic carbocycles. The molecule has 1 amide bonds. The molecule has 1 aliphatic heterocycles. The average molecular weight is 342 g/mol. The largest absolute Gasteiger partial charge is 0.354 e. The van der Waals surface area contributed by atoms with Crippen LogP contribution in [0.5, 0.6) is 0 Å². The van der Waals surface area contributed by atoms with Crippen LogP contribution in [0.2, 0.25) is 0 Å². The lowest BCUT2D eigenvalue weighted by molar-refractivity contribution is -0.121. The van der Waals surface area contributed by atoms with E-state index in [1.54, 1.807) is 10.7 Å². The van der Waals surface area contributed by atoms with Crippen LogP contribution in [0.4, 0.5) is 0 Å². The molecule has 0 unspecified atom stereocenters. The summed E-state index contributed by atoms with van der Waals surface area (Å²) in [6, 6.07) is 7.89. The predicted octanol–water partition coefficient (Wildman–Crippen LogP) is 1.78. The lowest BCUT2D eigenvalue weighted by atomic mass is 10.0. The molecule has 0 saturated carbocycles. The van der Waals surface area contributed by atoms with Crippen molar-refractivity contribution in [2.45, 2.75) is 45.2 Å². The highest BCUT2D eigenvalue weighted by atomic mass is 16.2. The first-order valence-corrected chi connectivity index (χ1v) is 9.11. The van der Waals surface area contributed by atoms with Gasteiger partial charge in [0.05, 0.1) is 11.7 Å². The second-order valence-corrected chi connectivity index (χ2v) is 6.77. The molecule has 134 valence electrons. The Hall–Kier alpha value is -2.21. The zero-order chi connectivity index (χ0) is 17.6. The Morgan fingerprint density at radius 1 is 1.32 bits per heavy atom. The van der Waals surface area contributed by atoms with Crippen molar-refractivity contribution in [1.82, 2.24) is 20.0 Å². The van der Waals surface area contributed by atoms with Crippen molar-refractivity contribution in [3.63, 3.8) is 0 Å². The zero-order valence-corrected chi connectivity index (χ0v) is 14.8. The van der Waals surface area contributed by atoms with Crippen molar-refractivity contribution in [3.05, 3.63) is 40.7 Å². The quantitative estimate of drug-likeness (QED) is 0.813. The van der Waals surface area contributed by atoms with Crippen molar-refractivity contribution < 1.29 is 4.79 Å². The molecule has 0 bridgehead atoms. The van der Waals surface area contributed by atoms with Gasteiger partial charge in [-0.05, 0) is 44.9 Å². The van der Waals surface area contributed by atoms with E-state index in [4.69, 9.17) is 0 Å². The number of carbonyl (C=O) groups excluding carboxylic acids is 1. The first-order chi connectivity index (χ1) is 12.1. The molecule has 2 aromatic rings. The maximum absolute atomic E-state index is 12.2. The summed E-state index contributed by atoms with van der Waals surface area (Å²) in [6.07, 6.45) is 6.11. The molecule has 6 nitrogen and oxygen atoms in total. The van der Waals surface area contributed by atoms with Crippen LogP contribution < -0.4 is 10.7 Å². The SMILES string of the molecule is C[C@@H]1CCCCN1CCCNC(=O)Cn1ncc(=O)c2ccccc21. The van der Waals surface area contributed by atoms with E-state index in [2.05, 4.69) is 22.2 Å². The fourth-order valence-electron chi connectivity index (χ4n) is 3.48. The summed E-state index contributed by atoms with van der Waals surface area (Å²) in [7, 11) is 0. The lowest BCUT2D eigenvalue weighted by Gasteiger charge is -2.33. The highest BCUT2D eigenvalue weighted by Crippen LogP contribution is 2.16. The summed E-state index contributed by atoms with van der Waals surface area (Å²) in [6.45, 7) is 5.27. The number of nitrogens with one attached hydrogen (secondary N) is 1. The number of aromatic nitrogens is 2. The van der Waals surface area contributed by atoms with E-state index in [0.29, 0.717) is 23.5 Å². The standard InChI is InChI=1S/C19H26N4O2/c1-15-7-4-5-11-22(15)12-6-10-20-19(25)14-23-17-9-3-2-8-16(17)18(24)13-21-23/h2-3,8-9,13,15H,4-7,10-12,14H2,1H3,(H,20,25)/t15-/m1/s1. The van der Waals surface area contributed by atoms with E-state index in [9.17, 15) is 9.59 Å². The highest BCUT2D eigenvalue weighted by molar-refractivity contribution is 5.81. The number of amides is 1. The van der Waals surface area contributed by atoms with E-state index in [1.165, 1.54) is 32.0 Å². The number of benzene rings is 1. The molecular weight excluding hydrogens is 316 g/mol. The van der Waals surface area contributed by atoms with Crippen molar-refractivity contribution in [2.75, 3.05) is 19.6 Å². The maximum atomic E-state index is 12.2. The van der Waals surface area contributed by atoms with Crippen LogP contribution >= 0.6 is 0 Å². The molecule has 0 radical (unpaired) electrons. The smallest absolute Gasteiger partial charge is 0.241 e. The van der Waals surface area contributed by atoms with Gasteiger partial charge < -0.3 is 10.2 Å². The predicted molar refractivity (Wildman–Crippen MR) is 98.5 cm³/mol. The van der Waals surface area contributed by atoms with Crippen molar-refractivity contribution >= 4 is 16.8 Å². The number of hydrogen-bond acceptors (Lipinski definition) is 4. The molecule has 6 heteroatoms. The molecule has 25 heavy (non-hydrogen) atoms. The Morgan fingerprint density at radius 3 is 3.00 bits per heavy atom. The van der Waals surface area contributed by atoms with Gasteiger partial charge in [-0.2, -0.15) is 5.10 Å². The van der Waals surface area contributed by atoms with Crippen LogP contribution in [-0.4, -0.2) is 46.3 Å². The molecular formula is C19H26N4O2. The molecule has 1 atom stereocenters. The normalized spacial score (nSPS) is 18.4. The lowest BCUT2D eigenvalue weighted by Crippen LogP contribution is -2.39. The first kappa shape index (κ1) is 17.6. The van der Waals surface area contributed by atoms with Crippen LogP contribution in [0, 0.1) is 0 Å². The van der Waals surface area contributed by atoms with Gasteiger partial charge in [-0.15, -0.1) is 0 Å². The number of hydrogen-bond donors (Lipinski definition) is 1. The van der Waals surface area contributed by atoms with E-state index in [0.717, 1.165) is 13.0 Å². The Kier molecular flexibility index (Phi) is 5.81. The Balaban J connectivity index is 1.50. The van der Waals surface area contributed by atoms with Crippen LogP contribution in [0.1, 0.15) is 32.6 Å². The molecule has 2 heterocycles. The highest BCUT2D eigenvalue weighted by Gasteiger charge is 2.17. The molecule has 1 N–H and O–H groups in total. The molecule has 1 aliphatic rings. The third-order valence-corrected chi connectivity index (χ3v) is 4.94. The summed E-state index contributed by atoms with van der Waals surface area (Å²) in [5.41, 5.74) is 0.565. The van der Waals surface area contributed by atoms with Crippen molar-refractivity contribution in [2.24, 2.45) is 0 Å². The van der Waals surface area contributed by atoms with E-state index < -0.39 is 0 Å². The van der Waals surface area contributed by atoms with Gasteiger partial charge in [0.2, 0.25) is 11.3 Å². The number of para-hydroxylation sites is 1. The molecule has 1 aromatic heterocycles. The van der Waals surface area contributed by atoms with Crippen LogP contribution in [0.25, 0.3) is 10.9 Å². The number of likely N-dealkylation sites (tertiary alicyclic amines) is 1. The Bertz CT molecular complexity index is 786. The fraction of sp³-hybridized carbons (Fsp3) is 0.526. The summed E-state index contributed by atoms with van der Waals surface area (Å²) >= 11 is 0. The van der Waals surface area contributed by atoms with E-state index in [-0.39, 0.29) is 17.9 Å². The topological polar surface area (TPSA) is 67.2 Å². The maximum Gasteiger partial charge on any atom is 0.241 e. The second kappa shape index (κ2) is 8.25. The number of fused-ring (bicyclic) bond motifs is 1. The number of piperidine rings is 1. The van der Waals surface area contributed by atoms with Gasteiger partial charge in [-0.3, -0.25) is 14.3 Å². The van der Waals surface area contributed by atoms with Crippen molar-refractivity contribution in [3.8, 4) is 0 Å². The third kappa shape index (κ3) is 4.45. The number of carbonyl (C=O) groups is 1.